The summed E-state index contributed by atoms with van der Waals surface area (Å²) in [4.78, 5) is 24.9. The summed E-state index contributed by atoms with van der Waals surface area (Å²) in [5.74, 6) is 0.234. The molecule has 0 radical (unpaired) electrons. The van der Waals surface area contributed by atoms with Crippen molar-refractivity contribution in [1.82, 2.24) is 24.5 Å². The van der Waals surface area contributed by atoms with Crippen LogP contribution in [0.2, 0.25) is 0 Å². The van der Waals surface area contributed by atoms with Gasteiger partial charge >= 0.3 is 6.09 Å². The quantitative estimate of drug-likeness (QED) is 0.342. The third-order valence-electron chi connectivity index (χ3n) is 8.72. The lowest BCUT2D eigenvalue weighted by molar-refractivity contribution is -0.0501. The average molecular weight is 589 g/mol. The van der Waals surface area contributed by atoms with Crippen LogP contribution in [0.4, 0.5) is 26.5 Å². The Labute approximate surface area is 249 Å². The van der Waals surface area contributed by atoms with Crippen LogP contribution in [0.5, 0.6) is 0 Å². The molecule has 2 aliphatic rings. The minimum absolute atomic E-state index is 0.0780. The van der Waals surface area contributed by atoms with E-state index in [1.807, 2.05) is 31.2 Å². The number of piperidine rings is 1. The fourth-order valence-corrected chi connectivity index (χ4v) is 6.42. The molecule has 1 amide bonds. The van der Waals surface area contributed by atoms with Gasteiger partial charge in [0.05, 0.1) is 61.3 Å². The number of ether oxygens (including phenoxy) is 2. The van der Waals surface area contributed by atoms with Gasteiger partial charge in [0.1, 0.15) is 5.82 Å². The van der Waals surface area contributed by atoms with Crippen molar-refractivity contribution in [3.05, 3.63) is 65.9 Å². The minimum atomic E-state index is -0.404. The summed E-state index contributed by atoms with van der Waals surface area (Å²) >= 11 is 0. The highest BCUT2D eigenvalue weighted by Gasteiger charge is 2.38. The molecule has 0 bridgehead atoms. The second kappa shape index (κ2) is 11.1. The van der Waals surface area contributed by atoms with Crippen LogP contribution in [-0.2, 0) is 14.9 Å². The third kappa shape index (κ3) is 5.14. The van der Waals surface area contributed by atoms with Crippen LogP contribution in [0.25, 0.3) is 16.8 Å². The van der Waals surface area contributed by atoms with Gasteiger partial charge in [0, 0.05) is 43.4 Å². The number of aryl methyl sites for hydroxylation is 1. The van der Waals surface area contributed by atoms with Crippen LogP contribution in [0.3, 0.4) is 0 Å². The largest absolute Gasteiger partial charge is 0.453 e. The first-order chi connectivity index (χ1) is 20.6. The summed E-state index contributed by atoms with van der Waals surface area (Å²) in [6.07, 6.45) is 4.77. The first-order valence-corrected chi connectivity index (χ1v) is 14.4. The first kappa shape index (κ1) is 28.8. The average Bonchev–Trinajstić information content (AvgIpc) is 3.36. The number of benzene rings is 1. The number of nitrogens with one attached hydrogen (secondary N) is 1. The number of rotatable bonds is 6. The molecule has 3 atom stereocenters. The number of aromatic nitrogens is 4. The highest BCUT2D eigenvalue weighted by atomic mass is 19.1. The smallest absolute Gasteiger partial charge is 0.409 e. The number of methoxy groups -OCH3 is 1. The molecule has 6 rings (SSSR count). The normalized spacial score (nSPS) is 21.4. The van der Waals surface area contributed by atoms with Gasteiger partial charge in [0.25, 0.3) is 0 Å². The van der Waals surface area contributed by atoms with Gasteiger partial charge in [-0.05, 0) is 48.2 Å². The molecule has 0 aliphatic carbocycles. The van der Waals surface area contributed by atoms with Gasteiger partial charge in [-0.25, -0.2) is 14.2 Å². The number of carbonyl (C=O) groups excluding carboxylic acids is 1. The fourth-order valence-electron chi connectivity index (χ4n) is 6.42. The Bertz CT molecular complexity index is 1640. The van der Waals surface area contributed by atoms with Gasteiger partial charge in [-0.15, -0.1) is 0 Å². The van der Waals surface area contributed by atoms with E-state index in [4.69, 9.17) is 20.3 Å². The van der Waals surface area contributed by atoms with Gasteiger partial charge in [-0.2, -0.15) is 9.61 Å². The van der Waals surface area contributed by atoms with Crippen molar-refractivity contribution in [3.8, 4) is 11.3 Å². The van der Waals surface area contributed by atoms with Gasteiger partial charge < -0.3 is 30.3 Å². The third-order valence-corrected chi connectivity index (χ3v) is 8.72. The molecule has 0 saturated carbocycles. The van der Waals surface area contributed by atoms with Crippen LogP contribution in [0.1, 0.15) is 25.0 Å². The number of hydrogen-bond acceptors (Lipinski definition) is 9. The number of fused-ring (bicyclic) bond motifs is 1. The predicted molar refractivity (Wildman–Crippen MR) is 162 cm³/mol. The van der Waals surface area contributed by atoms with Gasteiger partial charge in [0.15, 0.2) is 0 Å². The molecule has 226 valence electrons. The molecule has 5 heterocycles. The maximum Gasteiger partial charge on any atom is 0.409 e. The number of nitrogens with two attached hydrogens (primary N) is 1. The lowest BCUT2D eigenvalue weighted by Crippen LogP contribution is -2.62. The summed E-state index contributed by atoms with van der Waals surface area (Å²) < 4.78 is 27.5. The molecular weight excluding hydrogens is 551 g/mol. The Kier molecular flexibility index (Phi) is 7.43. The number of likely N-dealkylation sites (N-methyl/N-ethyl adjacent to an activating group) is 1. The van der Waals surface area contributed by atoms with Crippen molar-refractivity contribution in [2.75, 3.05) is 50.7 Å². The van der Waals surface area contributed by atoms with E-state index >= 15 is 4.39 Å². The number of pyridine rings is 1. The highest BCUT2D eigenvalue weighted by molar-refractivity contribution is 5.74. The Morgan fingerprint density at radius 3 is 2.70 bits per heavy atom. The van der Waals surface area contributed by atoms with Crippen molar-refractivity contribution in [2.24, 2.45) is 11.7 Å². The first-order valence-electron chi connectivity index (χ1n) is 14.4. The number of nitrogens with zero attached hydrogens (tertiary/aromatic N) is 6. The van der Waals surface area contributed by atoms with Gasteiger partial charge in [-0.1, -0.05) is 19.9 Å². The van der Waals surface area contributed by atoms with Crippen molar-refractivity contribution in [2.45, 2.75) is 38.3 Å². The summed E-state index contributed by atoms with van der Waals surface area (Å²) in [6, 6.07) is 8.78. The second-order valence-electron chi connectivity index (χ2n) is 12.0. The van der Waals surface area contributed by atoms with E-state index in [1.54, 1.807) is 41.1 Å². The maximum absolute atomic E-state index is 15.6. The van der Waals surface area contributed by atoms with E-state index in [9.17, 15) is 4.79 Å². The number of imidazole rings is 1. The molecule has 12 heteroatoms. The van der Waals surface area contributed by atoms with Crippen LogP contribution >= 0.6 is 0 Å². The van der Waals surface area contributed by atoms with E-state index < -0.39 is 6.09 Å². The van der Waals surface area contributed by atoms with E-state index in [0.717, 1.165) is 28.0 Å². The summed E-state index contributed by atoms with van der Waals surface area (Å²) in [5.41, 5.74) is 11.5. The van der Waals surface area contributed by atoms with Crippen molar-refractivity contribution >= 4 is 28.9 Å². The molecule has 3 unspecified atom stereocenters. The molecule has 2 saturated heterocycles. The molecule has 0 spiro atoms. The number of halogens is 1. The lowest BCUT2D eigenvalue weighted by atomic mass is 9.79. The second-order valence-corrected chi connectivity index (χ2v) is 12.0. The molecule has 4 aromatic rings. The Balaban J connectivity index is 1.28. The van der Waals surface area contributed by atoms with Crippen LogP contribution in [-0.4, -0.2) is 83.1 Å². The van der Waals surface area contributed by atoms with Crippen LogP contribution < -0.4 is 16.0 Å². The number of hydrogen-bond donors (Lipinski definition) is 2. The zero-order chi connectivity index (χ0) is 30.5. The van der Waals surface area contributed by atoms with Crippen LogP contribution in [0, 0.1) is 18.7 Å². The fraction of sp³-hybridized carbons (Fsp3) is 0.419. The van der Waals surface area contributed by atoms with Crippen LogP contribution in [0.15, 0.2) is 48.9 Å². The summed E-state index contributed by atoms with van der Waals surface area (Å²) in [6.45, 7) is 8.44. The molecule has 3 N–H and O–H groups in total. The molecule has 2 fully saturated rings. The van der Waals surface area contributed by atoms with Gasteiger partial charge in [0.2, 0.25) is 5.95 Å². The summed E-state index contributed by atoms with van der Waals surface area (Å²) in [7, 11) is 3.09. The zero-order valence-electron chi connectivity index (χ0n) is 25.0. The zero-order valence-corrected chi connectivity index (χ0v) is 25.0. The Morgan fingerprint density at radius 1 is 1.23 bits per heavy atom. The van der Waals surface area contributed by atoms with Crippen molar-refractivity contribution in [3.63, 3.8) is 0 Å². The Morgan fingerprint density at radius 2 is 2.02 bits per heavy atom. The summed E-state index contributed by atoms with van der Waals surface area (Å²) in [5, 5.41) is 8.18. The topological polar surface area (TPSA) is 123 Å². The number of amides is 1. The van der Waals surface area contributed by atoms with Crippen molar-refractivity contribution < 1.29 is 18.7 Å². The Hall–Kier alpha value is -4.29. The molecule has 1 aromatic carbocycles. The molecule has 3 aromatic heterocycles. The molecule has 2 aliphatic heterocycles. The molecule has 43 heavy (non-hydrogen) atoms. The van der Waals surface area contributed by atoms with Gasteiger partial charge in [-0.3, -0.25) is 4.98 Å². The van der Waals surface area contributed by atoms with E-state index in [2.05, 4.69) is 34.0 Å². The van der Waals surface area contributed by atoms with Crippen molar-refractivity contribution in [1.29, 1.82) is 0 Å². The SMILES string of the molecule is COC(=O)N(C)C1C(C)CN(c2ccncc2Nc2ncc3ccc(-c4c(C)cc(C5(C)COC5)cc4F)nn23)CC1N. The van der Waals surface area contributed by atoms with E-state index in [-0.39, 0.29) is 29.2 Å². The molecule has 11 nitrogen and oxygen atoms in total. The van der Waals surface area contributed by atoms with E-state index in [0.29, 0.717) is 43.5 Å². The maximum atomic E-state index is 15.6. The highest BCUT2D eigenvalue weighted by Crippen LogP contribution is 2.37. The number of carbonyl (C=O) groups is 1. The lowest BCUT2D eigenvalue weighted by Gasteiger charge is -2.45. The predicted octanol–water partition coefficient (Wildman–Crippen LogP) is 4.12. The minimum Gasteiger partial charge on any atom is -0.453 e. The molecular formula is C31H37FN8O3. The monoisotopic (exact) mass is 588 g/mol. The number of anilines is 3. The standard InChI is InChI=1S/C31H37FN8O3/c1-18-10-20(31(3)16-43-17-31)11-22(32)27(18)24-7-6-21-12-35-29(40(21)37-24)36-25-13-34-9-8-26(25)39-14-19(2)28(23(33)15-39)38(4)30(41)42-5/h6-13,19,23,28H,14-17,33H2,1-5H3,(H,35,36). The van der Waals surface area contributed by atoms with E-state index in [1.165, 1.54) is 7.11 Å².